The van der Waals surface area contributed by atoms with Crippen LogP contribution < -0.4 is 10.2 Å². The van der Waals surface area contributed by atoms with E-state index < -0.39 is 5.92 Å². The highest BCUT2D eigenvalue weighted by molar-refractivity contribution is 6.12. The van der Waals surface area contributed by atoms with Gasteiger partial charge in [0.15, 0.2) is 0 Å². The summed E-state index contributed by atoms with van der Waals surface area (Å²) in [4.78, 5) is 42.1. The number of ether oxygens (including phenoxy) is 1. The molecule has 8 nitrogen and oxygen atoms in total. The van der Waals surface area contributed by atoms with Crippen molar-refractivity contribution in [2.75, 3.05) is 43.1 Å². The molecule has 1 N–H and O–H groups in total. The van der Waals surface area contributed by atoms with Crippen LogP contribution in [-0.4, -0.2) is 55.5 Å². The maximum Gasteiger partial charge on any atom is 0.291 e. The number of furan rings is 1. The third-order valence-electron chi connectivity index (χ3n) is 5.90. The number of benzene rings is 2. The quantitative estimate of drug-likeness (QED) is 0.683. The van der Waals surface area contributed by atoms with E-state index in [1.54, 1.807) is 21.9 Å². The molecule has 3 aromatic rings. The molecule has 0 aliphatic carbocycles. The first-order valence-corrected chi connectivity index (χ1v) is 10.7. The van der Waals surface area contributed by atoms with Crippen LogP contribution in [0.4, 0.5) is 11.4 Å². The van der Waals surface area contributed by atoms with E-state index in [0.717, 1.165) is 5.69 Å². The van der Waals surface area contributed by atoms with Gasteiger partial charge in [0.1, 0.15) is 11.3 Å². The van der Waals surface area contributed by atoms with Gasteiger partial charge < -0.3 is 24.3 Å². The summed E-state index contributed by atoms with van der Waals surface area (Å²) in [5, 5.41) is 3.55. The van der Waals surface area contributed by atoms with Crippen molar-refractivity contribution < 1.29 is 23.5 Å². The molecular formula is C24H23N3O5. The molecule has 2 fully saturated rings. The zero-order valence-electron chi connectivity index (χ0n) is 17.5. The maximum absolute atomic E-state index is 13.2. The molecule has 2 aliphatic rings. The molecule has 0 bridgehead atoms. The summed E-state index contributed by atoms with van der Waals surface area (Å²) in [6.45, 7) is 2.15. The van der Waals surface area contributed by atoms with E-state index in [1.807, 2.05) is 42.5 Å². The molecule has 0 spiro atoms. The van der Waals surface area contributed by atoms with Crippen molar-refractivity contribution in [2.24, 2.45) is 5.92 Å². The number of hydrogen-bond donors (Lipinski definition) is 1. The van der Waals surface area contributed by atoms with Crippen LogP contribution in [-0.2, 0) is 14.3 Å². The number of hydrogen-bond acceptors (Lipinski definition) is 5. The van der Waals surface area contributed by atoms with Gasteiger partial charge in [0.25, 0.3) is 5.91 Å². The lowest BCUT2D eigenvalue weighted by molar-refractivity contribution is -0.122. The van der Waals surface area contributed by atoms with Crippen LogP contribution in [0.2, 0.25) is 0 Å². The van der Waals surface area contributed by atoms with Crippen molar-refractivity contribution in [3.63, 3.8) is 0 Å². The summed E-state index contributed by atoms with van der Waals surface area (Å²) >= 11 is 0. The highest BCUT2D eigenvalue weighted by Crippen LogP contribution is 2.33. The largest absolute Gasteiger partial charge is 0.449 e. The Balaban J connectivity index is 1.40. The van der Waals surface area contributed by atoms with Gasteiger partial charge in [0.2, 0.25) is 17.6 Å². The van der Waals surface area contributed by atoms with Gasteiger partial charge in [-0.25, -0.2) is 0 Å². The van der Waals surface area contributed by atoms with Gasteiger partial charge in [-0.3, -0.25) is 14.4 Å². The SMILES string of the molecule is O=C(Nc1c(C(=O)N2CCOCC2)oc2ccccc12)C1CC(=O)N(c2ccccc2)C1. The van der Waals surface area contributed by atoms with Crippen LogP contribution in [0.15, 0.2) is 59.0 Å². The van der Waals surface area contributed by atoms with Crippen LogP contribution in [0.5, 0.6) is 0 Å². The van der Waals surface area contributed by atoms with Gasteiger partial charge >= 0.3 is 0 Å². The summed E-state index contributed by atoms with van der Waals surface area (Å²) in [6.07, 6.45) is 0.114. The van der Waals surface area contributed by atoms with Gasteiger partial charge in [-0.05, 0) is 24.3 Å². The molecule has 5 rings (SSSR count). The fourth-order valence-electron chi connectivity index (χ4n) is 4.20. The summed E-state index contributed by atoms with van der Waals surface area (Å²) in [7, 11) is 0. The molecule has 0 saturated carbocycles. The van der Waals surface area contributed by atoms with E-state index in [4.69, 9.17) is 9.15 Å². The van der Waals surface area contributed by atoms with Crippen LogP contribution in [0.25, 0.3) is 11.0 Å². The molecule has 32 heavy (non-hydrogen) atoms. The number of morpholine rings is 1. The van der Waals surface area contributed by atoms with E-state index in [9.17, 15) is 14.4 Å². The van der Waals surface area contributed by atoms with Gasteiger partial charge in [-0.1, -0.05) is 30.3 Å². The molecule has 1 atom stereocenters. The highest BCUT2D eigenvalue weighted by Gasteiger charge is 2.36. The summed E-state index contributed by atoms with van der Waals surface area (Å²) in [5.41, 5.74) is 1.64. The summed E-state index contributed by atoms with van der Waals surface area (Å²) in [5.74, 6) is -1.11. The smallest absolute Gasteiger partial charge is 0.291 e. The lowest BCUT2D eigenvalue weighted by Crippen LogP contribution is -2.40. The minimum absolute atomic E-state index is 0.0991. The number of carbonyl (C=O) groups is 3. The average Bonchev–Trinajstić information content (AvgIpc) is 3.41. The first-order chi connectivity index (χ1) is 15.6. The lowest BCUT2D eigenvalue weighted by Gasteiger charge is -2.26. The standard InChI is InChI=1S/C24H23N3O5/c28-20-14-16(15-27(20)17-6-2-1-3-7-17)23(29)25-21-18-8-4-5-9-19(18)32-22(21)24(30)26-10-12-31-13-11-26/h1-9,16H,10-15H2,(H,25,29). The Bertz CT molecular complexity index is 1170. The van der Waals surface area contributed by atoms with E-state index in [-0.39, 0.29) is 36.4 Å². The van der Waals surface area contributed by atoms with Crippen molar-refractivity contribution in [1.82, 2.24) is 4.90 Å². The zero-order chi connectivity index (χ0) is 22.1. The first-order valence-electron chi connectivity index (χ1n) is 10.7. The van der Waals surface area contributed by atoms with Crippen LogP contribution >= 0.6 is 0 Å². The fraction of sp³-hybridized carbons (Fsp3) is 0.292. The minimum Gasteiger partial charge on any atom is -0.449 e. The monoisotopic (exact) mass is 433 g/mol. The van der Waals surface area contributed by atoms with E-state index in [1.165, 1.54) is 0 Å². The predicted molar refractivity (Wildman–Crippen MR) is 118 cm³/mol. The molecule has 3 amide bonds. The number of para-hydroxylation sites is 2. The van der Waals surface area contributed by atoms with Crippen LogP contribution in [0.3, 0.4) is 0 Å². The third kappa shape index (κ3) is 3.73. The normalized spacial score (nSPS) is 18.9. The van der Waals surface area contributed by atoms with Crippen molar-refractivity contribution in [3.05, 3.63) is 60.4 Å². The molecule has 1 unspecified atom stereocenters. The number of fused-ring (bicyclic) bond motifs is 1. The van der Waals surface area contributed by atoms with Gasteiger partial charge in [-0.15, -0.1) is 0 Å². The Kier molecular flexibility index (Phi) is 5.36. The van der Waals surface area contributed by atoms with Gasteiger partial charge in [0.05, 0.1) is 19.1 Å². The lowest BCUT2D eigenvalue weighted by atomic mass is 10.1. The molecule has 2 aliphatic heterocycles. The fourth-order valence-corrected chi connectivity index (χ4v) is 4.20. The minimum atomic E-state index is -0.525. The Morgan fingerprint density at radius 1 is 0.969 bits per heavy atom. The topological polar surface area (TPSA) is 92.1 Å². The molecule has 2 aromatic carbocycles. The third-order valence-corrected chi connectivity index (χ3v) is 5.90. The Hall–Kier alpha value is -3.65. The van der Waals surface area contributed by atoms with Crippen molar-refractivity contribution >= 4 is 40.1 Å². The molecule has 3 heterocycles. The van der Waals surface area contributed by atoms with Crippen molar-refractivity contribution in [2.45, 2.75) is 6.42 Å². The second-order valence-corrected chi connectivity index (χ2v) is 7.94. The molecule has 2 saturated heterocycles. The number of anilines is 2. The predicted octanol–water partition coefficient (Wildman–Crippen LogP) is 2.90. The number of nitrogens with one attached hydrogen (secondary N) is 1. The number of carbonyl (C=O) groups excluding carboxylic acids is 3. The van der Waals surface area contributed by atoms with Crippen molar-refractivity contribution in [3.8, 4) is 0 Å². The molecule has 8 heteroatoms. The van der Waals surface area contributed by atoms with Crippen molar-refractivity contribution in [1.29, 1.82) is 0 Å². The molecular weight excluding hydrogens is 410 g/mol. The van der Waals surface area contributed by atoms with Gasteiger partial charge in [0, 0.05) is 37.1 Å². The Labute approximate surface area is 184 Å². The number of nitrogens with zero attached hydrogens (tertiary/aromatic N) is 2. The second kappa shape index (κ2) is 8.47. The maximum atomic E-state index is 13.2. The molecule has 164 valence electrons. The van der Waals surface area contributed by atoms with Crippen LogP contribution in [0.1, 0.15) is 17.0 Å². The van der Waals surface area contributed by atoms with E-state index in [0.29, 0.717) is 43.0 Å². The van der Waals surface area contributed by atoms with E-state index in [2.05, 4.69) is 5.32 Å². The van der Waals surface area contributed by atoms with Gasteiger partial charge in [-0.2, -0.15) is 0 Å². The van der Waals surface area contributed by atoms with Crippen LogP contribution in [0, 0.1) is 5.92 Å². The summed E-state index contributed by atoms with van der Waals surface area (Å²) < 4.78 is 11.2. The highest BCUT2D eigenvalue weighted by atomic mass is 16.5. The Morgan fingerprint density at radius 3 is 2.47 bits per heavy atom. The second-order valence-electron chi connectivity index (χ2n) is 7.94. The summed E-state index contributed by atoms with van der Waals surface area (Å²) in [6, 6.07) is 16.5. The average molecular weight is 433 g/mol. The number of rotatable bonds is 4. The number of amides is 3. The molecule has 0 radical (unpaired) electrons. The van der Waals surface area contributed by atoms with E-state index >= 15 is 0 Å². The Morgan fingerprint density at radius 2 is 1.69 bits per heavy atom. The molecule has 1 aromatic heterocycles. The zero-order valence-corrected chi connectivity index (χ0v) is 17.5. The first kappa shape index (κ1) is 20.3.